The molecule has 0 spiro atoms. The second-order valence-corrected chi connectivity index (χ2v) is 5.48. The van der Waals surface area contributed by atoms with Gasteiger partial charge in [0.2, 0.25) is 0 Å². The number of hydrogen-bond donors (Lipinski definition) is 0. The summed E-state index contributed by atoms with van der Waals surface area (Å²) >= 11 is 6.01. The van der Waals surface area contributed by atoms with E-state index in [2.05, 4.69) is 4.98 Å². The highest BCUT2D eigenvalue weighted by Gasteiger charge is 2.12. The fourth-order valence-corrected chi connectivity index (χ4v) is 2.61. The molecule has 3 rings (SSSR count). The third-order valence-electron chi connectivity index (χ3n) is 3.59. The second-order valence-electron chi connectivity index (χ2n) is 5.05. The molecule has 0 aliphatic rings. The molecule has 0 atom stereocenters. The van der Waals surface area contributed by atoms with Gasteiger partial charge in [0.25, 0.3) is 0 Å². The number of rotatable bonds is 3. The quantitative estimate of drug-likeness (QED) is 0.660. The number of fused-ring (bicyclic) bond motifs is 1. The van der Waals surface area contributed by atoms with Gasteiger partial charge in [0.05, 0.1) is 5.52 Å². The summed E-state index contributed by atoms with van der Waals surface area (Å²) in [5.41, 5.74) is 3.60. The van der Waals surface area contributed by atoms with E-state index in [1.165, 1.54) is 0 Å². The van der Waals surface area contributed by atoms with Crippen LogP contribution in [-0.2, 0) is 6.42 Å². The summed E-state index contributed by atoms with van der Waals surface area (Å²) < 4.78 is 0. The van der Waals surface area contributed by atoms with E-state index in [4.69, 9.17) is 11.6 Å². The monoisotopic (exact) mass is 295 g/mol. The lowest BCUT2D eigenvalue weighted by molar-refractivity contribution is 0.0993. The molecule has 0 aliphatic carbocycles. The largest absolute Gasteiger partial charge is 0.294 e. The van der Waals surface area contributed by atoms with Crippen LogP contribution >= 0.6 is 11.6 Å². The molecule has 0 saturated carbocycles. The molecule has 0 fully saturated rings. The number of pyridine rings is 1. The van der Waals surface area contributed by atoms with Crippen LogP contribution in [0.25, 0.3) is 10.9 Å². The van der Waals surface area contributed by atoms with Crippen LogP contribution in [0.2, 0.25) is 5.02 Å². The molecule has 0 aliphatic heterocycles. The van der Waals surface area contributed by atoms with Gasteiger partial charge in [-0.2, -0.15) is 0 Å². The van der Waals surface area contributed by atoms with Crippen molar-refractivity contribution >= 4 is 28.3 Å². The van der Waals surface area contributed by atoms with Crippen LogP contribution < -0.4 is 0 Å². The fraction of sp³-hybridized carbons (Fsp3) is 0.111. The van der Waals surface area contributed by atoms with Crippen molar-refractivity contribution in [1.82, 2.24) is 4.98 Å². The number of hydrogen-bond acceptors (Lipinski definition) is 2. The van der Waals surface area contributed by atoms with Crippen molar-refractivity contribution < 1.29 is 4.79 Å². The normalized spacial score (nSPS) is 10.8. The summed E-state index contributed by atoms with van der Waals surface area (Å²) in [5.74, 6) is 0.112. The molecule has 0 bridgehead atoms. The highest BCUT2D eigenvalue weighted by atomic mass is 35.5. The van der Waals surface area contributed by atoms with Crippen molar-refractivity contribution in [2.45, 2.75) is 13.3 Å². The van der Waals surface area contributed by atoms with Crippen molar-refractivity contribution in [3.05, 3.63) is 76.4 Å². The Bertz CT molecular complexity index is 812. The lowest BCUT2D eigenvalue weighted by Crippen LogP contribution is -2.06. The number of aryl methyl sites for hydroxylation is 1. The van der Waals surface area contributed by atoms with Gasteiger partial charge in [0.1, 0.15) is 0 Å². The zero-order chi connectivity index (χ0) is 14.8. The number of nitrogens with zero attached hydrogens (tertiary/aromatic N) is 1. The molecule has 3 aromatic rings. The van der Waals surface area contributed by atoms with E-state index in [1.54, 1.807) is 6.20 Å². The number of ketones is 1. The molecular formula is C18H14ClNO. The summed E-state index contributed by atoms with van der Waals surface area (Å²) in [6.45, 7) is 1.98. The Morgan fingerprint density at radius 2 is 1.90 bits per heavy atom. The Balaban J connectivity index is 2.04. The van der Waals surface area contributed by atoms with Gasteiger partial charge >= 0.3 is 0 Å². The lowest BCUT2D eigenvalue weighted by atomic mass is 9.97. The van der Waals surface area contributed by atoms with Crippen LogP contribution in [0, 0.1) is 6.92 Å². The highest BCUT2D eigenvalue weighted by molar-refractivity contribution is 6.31. The molecule has 0 radical (unpaired) electrons. The van der Waals surface area contributed by atoms with E-state index in [9.17, 15) is 4.79 Å². The summed E-state index contributed by atoms with van der Waals surface area (Å²) in [6, 6.07) is 15.0. The van der Waals surface area contributed by atoms with Crippen LogP contribution in [0.5, 0.6) is 0 Å². The van der Waals surface area contributed by atoms with Crippen LogP contribution in [0.1, 0.15) is 21.5 Å². The molecule has 0 unspecified atom stereocenters. The molecule has 0 saturated heterocycles. The van der Waals surface area contributed by atoms with Gasteiger partial charge in [-0.15, -0.1) is 0 Å². The standard InChI is InChI=1S/C18H14ClNO/c1-12-11-20-17-9-14(19)7-8-15(17)16(12)10-18(21)13-5-3-2-4-6-13/h2-9,11H,10H2,1H3. The molecule has 0 amide bonds. The topological polar surface area (TPSA) is 30.0 Å². The Kier molecular flexibility index (Phi) is 3.72. The molecule has 0 N–H and O–H groups in total. The molecule has 104 valence electrons. The molecule has 1 aromatic heterocycles. The van der Waals surface area contributed by atoms with E-state index in [0.29, 0.717) is 11.4 Å². The van der Waals surface area contributed by atoms with Crippen molar-refractivity contribution in [3.63, 3.8) is 0 Å². The Morgan fingerprint density at radius 3 is 2.67 bits per heavy atom. The van der Waals surface area contributed by atoms with Gasteiger partial charge < -0.3 is 0 Å². The number of carbonyl (C=O) groups excluding carboxylic acids is 1. The average molecular weight is 296 g/mol. The third-order valence-corrected chi connectivity index (χ3v) is 3.83. The number of aromatic nitrogens is 1. The Morgan fingerprint density at radius 1 is 1.14 bits per heavy atom. The molecule has 1 heterocycles. The smallest absolute Gasteiger partial charge is 0.167 e. The van der Waals surface area contributed by atoms with Crippen LogP contribution in [0.15, 0.2) is 54.7 Å². The molecule has 2 nitrogen and oxygen atoms in total. The van der Waals surface area contributed by atoms with Crippen molar-refractivity contribution in [2.24, 2.45) is 0 Å². The lowest BCUT2D eigenvalue weighted by Gasteiger charge is -2.09. The first kappa shape index (κ1) is 13.8. The van der Waals surface area contributed by atoms with E-state index >= 15 is 0 Å². The maximum Gasteiger partial charge on any atom is 0.167 e. The second kappa shape index (κ2) is 5.66. The first-order chi connectivity index (χ1) is 10.1. The Labute approximate surface area is 128 Å². The van der Waals surface area contributed by atoms with Crippen molar-refractivity contribution in [1.29, 1.82) is 0 Å². The van der Waals surface area contributed by atoms with Gasteiger partial charge in [0, 0.05) is 28.6 Å². The van der Waals surface area contributed by atoms with E-state index in [0.717, 1.165) is 27.6 Å². The Hall–Kier alpha value is -2.19. The number of Topliss-reactive ketones (excluding diaryl/α,β-unsaturated/α-hetero) is 1. The van der Waals surface area contributed by atoms with Crippen LogP contribution in [0.4, 0.5) is 0 Å². The zero-order valence-electron chi connectivity index (χ0n) is 11.6. The minimum absolute atomic E-state index is 0.112. The first-order valence-corrected chi connectivity index (χ1v) is 7.15. The van der Waals surface area contributed by atoms with Gasteiger partial charge in [-0.25, -0.2) is 0 Å². The molecule has 2 aromatic carbocycles. The van der Waals surface area contributed by atoms with E-state index < -0.39 is 0 Å². The molecule has 21 heavy (non-hydrogen) atoms. The van der Waals surface area contributed by atoms with Gasteiger partial charge in [0.15, 0.2) is 5.78 Å². The summed E-state index contributed by atoms with van der Waals surface area (Å²) in [7, 11) is 0. The number of benzene rings is 2. The van der Waals surface area contributed by atoms with E-state index in [1.807, 2.05) is 55.5 Å². The SMILES string of the molecule is Cc1cnc2cc(Cl)ccc2c1CC(=O)c1ccccc1. The third kappa shape index (κ3) is 2.81. The fourth-order valence-electron chi connectivity index (χ4n) is 2.44. The summed E-state index contributed by atoms with van der Waals surface area (Å²) in [5, 5.41) is 1.64. The van der Waals surface area contributed by atoms with Gasteiger partial charge in [-0.1, -0.05) is 48.0 Å². The van der Waals surface area contributed by atoms with Crippen LogP contribution in [-0.4, -0.2) is 10.8 Å². The van der Waals surface area contributed by atoms with Crippen LogP contribution in [0.3, 0.4) is 0 Å². The van der Waals surface area contributed by atoms with Gasteiger partial charge in [-0.3, -0.25) is 9.78 Å². The van der Waals surface area contributed by atoms with E-state index in [-0.39, 0.29) is 5.78 Å². The average Bonchev–Trinajstić information content (AvgIpc) is 2.51. The number of carbonyl (C=O) groups is 1. The minimum Gasteiger partial charge on any atom is -0.294 e. The number of halogens is 1. The molecular weight excluding hydrogens is 282 g/mol. The highest BCUT2D eigenvalue weighted by Crippen LogP contribution is 2.24. The first-order valence-electron chi connectivity index (χ1n) is 6.77. The predicted molar refractivity (Wildman–Crippen MR) is 86.0 cm³/mol. The maximum absolute atomic E-state index is 12.4. The predicted octanol–water partition coefficient (Wildman–Crippen LogP) is 4.62. The van der Waals surface area contributed by atoms with Crippen molar-refractivity contribution in [2.75, 3.05) is 0 Å². The van der Waals surface area contributed by atoms with Crippen molar-refractivity contribution in [3.8, 4) is 0 Å². The summed E-state index contributed by atoms with van der Waals surface area (Å²) in [4.78, 5) is 16.8. The summed E-state index contributed by atoms with van der Waals surface area (Å²) in [6.07, 6.45) is 2.17. The maximum atomic E-state index is 12.4. The minimum atomic E-state index is 0.112. The zero-order valence-corrected chi connectivity index (χ0v) is 12.4. The van der Waals surface area contributed by atoms with Gasteiger partial charge in [-0.05, 0) is 30.2 Å². The molecule has 3 heteroatoms.